The van der Waals surface area contributed by atoms with Gasteiger partial charge in [0.25, 0.3) is 0 Å². The smallest absolute Gasteiger partial charge is 0.326 e. The molecule has 1 unspecified atom stereocenters. The molecule has 0 aliphatic heterocycles. The van der Waals surface area contributed by atoms with Crippen molar-refractivity contribution in [2.75, 3.05) is 0 Å². The van der Waals surface area contributed by atoms with E-state index < -0.39 is 23.6 Å². The van der Waals surface area contributed by atoms with Crippen LogP contribution in [0, 0.1) is 11.6 Å². The maximum Gasteiger partial charge on any atom is 0.326 e. The fraction of sp³-hybridized carbons (Fsp3) is 0.375. The van der Waals surface area contributed by atoms with Crippen LogP contribution in [-0.2, 0) is 16.0 Å². The Morgan fingerprint density at radius 1 is 1.32 bits per heavy atom. The highest BCUT2D eigenvalue weighted by molar-refractivity contribution is 5.83. The molecule has 2 N–H and O–H groups in total. The van der Waals surface area contributed by atoms with Gasteiger partial charge in [0, 0.05) is 6.42 Å². The highest BCUT2D eigenvalue weighted by Gasteiger charge is 2.18. The number of rotatable bonds is 9. The number of carbonyl (C=O) groups is 2. The number of allylic oxidation sites excluding steroid dienone is 1. The Labute approximate surface area is 127 Å². The second-order valence-corrected chi connectivity index (χ2v) is 4.93. The number of halogens is 2. The third-order valence-electron chi connectivity index (χ3n) is 3.15. The van der Waals surface area contributed by atoms with Crippen LogP contribution in [0.4, 0.5) is 8.78 Å². The van der Waals surface area contributed by atoms with Crippen molar-refractivity contribution in [3.8, 4) is 0 Å². The molecule has 1 aromatic carbocycles. The summed E-state index contributed by atoms with van der Waals surface area (Å²) < 4.78 is 25.8. The minimum absolute atomic E-state index is 0.122. The Hall–Kier alpha value is -2.24. The van der Waals surface area contributed by atoms with Crippen LogP contribution < -0.4 is 5.32 Å². The van der Waals surface area contributed by atoms with Crippen molar-refractivity contribution in [2.45, 2.75) is 38.1 Å². The Kier molecular flexibility index (Phi) is 7.22. The molecule has 120 valence electrons. The molecule has 0 saturated carbocycles. The van der Waals surface area contributed by atoms with E-state index in [0.29, 0.717) is 24.8 Å². The number of nitrogens with one attached hydrogen (secondary N) is 1. The molecule has 0 bridgehead atoms. The van der Waals surface area contributed by atoms with E-state index >= 15 is 0 Å². The lowest BCUT2D eigenvalue weighted by Gasteiger charge is -2.13. The molecule has 0 saturated heterocycles. The molecule has 0 radical (unpaired) electrons. The highest BCUT2D eigenvalue weighted by atomic mass is 19.2. The predicted octanol–water partition coefficient (Wildman–Crippen LogP) is 2.82. The molecule has 22 heavy (non-hydrogen) atoms. The van der Waals surface area contributed by atoms with Crippen LogP contribution in [-0.4, -0.2) is 23.0 Å². The Morgan fingerprint density at radius 3 is 2.64 bits per heavy atom. The normalized spacial score (nSPS) is 11.7. The summed E-state index contributed by atoms with van der Waals surface area (Å²) in [7, 11) is 0. The van der Waals surface area contributed by atoms with Crippen molar-refractivity contribution in [3.63, 3.8) is 0 Å². The van der Waals surface area contributed by atoms with Crippen molar-refractivity contribution >= 4 is 11.9 Å². The third kappa shape index (κ3) is 6.03. The van der Waals surface area contributed by atoms with Crippen LogP contribution in [0.1, 0.15) is 31.2 Å². The molecule has 1 rings (SSSR count). The molecule has 4 nitrogen and oxygen atoms in total. The number of aliphatic carboxylic acids is 1. The molecule has 6 heteroatoms. The molecule has 0 heterocycles. The lowest BCUT2D eigenvalue weighted by Crippen LogP contribution is -2.40. The number of hydrogen-bond acceptors (Lipinski definition) is 2. The standard InChI is InChI=1S/C16H19F2NO3/c1-2-3-6-14(16(21)22)19-15(20)7-4-5-11-8-9-12(17)13(18)10-11/h2,8-10,14H,1,3-7H2,(H,19,20)(H,21,22). The quantitative estimate of drug-likeness (QED) is 0.689. The molecule has 0 aliphatic rings. The number of benzene rings is 1. The average Bonchev–Trinajstić information content (AvgIpc) is 2.47. The van der Waals surface area contributed by atoms with E-state index in [2.05, 4.69) is 11.9 Å². The van der Waals surface area contributed by atoms with Gasteiger partial charge in [0.2, 0.25) is 5.91 Å². The number of amides is 1. The van der Waals surface area contributed by atoms with Gasteiger partial charge in [-0.3, -0.25) is 4.79 Å². The molecular formula is C16H19F2NO3. The van der Waals surface area contributed by atoms with E-state index in [9.17, 15) is 18.4 Å². The highest BCUT2D eigenvalue weighted by Crippen LogP contribution is 2.11. The lowest BCUT2D eigenvalue weighted by atomic mass is 10.1. The van der Waals surface area contributed by atoms with Gasteiger partial charge < -0.3 is 10.4 Å². The second-order valence-electron chi connectivity index (χ2n) is 4.93. The van der Waals surface area contributed by atoms with Gasteiger partial charge in [-0.2, -0.15) is 0 Å². The van der Waals surface area contributed by atoms with E-state index in [1.807, 2.05) is 0 Å². The topological polar surface area (TPSA) is 66.4 Å². The number of carboxylic acids is 1. The first-order valence-electron chi connectivity index (χ1n) is 7.01. The fourth-order valence-corrected chi connectivity index (χ4v) is 1.96. The van der Waals surface area contributed by atoms with E-state index in [0.717, 1.165) is 12.1 Å². The maximum absolute atomic E-state index is 13.0. The van der Waals surface area contributed by atoms with Gasteiger partial charge in [-0.05, 0) is 43.4 Å². The monoisotopic (exact) mass is 311 g/mol. The van der Waals surface area contributed by atoms with Crippen molar-refractivity contribution in [1.29, 1.82) is 0 Å². The minimum atomic E-state index is -1.09. The summed E-state index contributed by atoms with van der Waals surface area (Å²) in [5.41, 5.74) is 0.591. The van der Waals surface area contributed by atoms with E-state index in [4.69, 9.17) is 5.11 Å². The zero-order valence-corrected chi connectivity index (χ0v) is 12.1. The van der Waals surface area contributed by atoms with Gasteiger partial charge >= 0.3 is 5.97 Å². The van der Waals surface area contributed by atoms with Gasteiger partial charge in [0.15, 0.2) is 11.6 Å². The summed E-state index contributed by atoms with van der Waals surface area (Å²) >= 11 is 0. The van der Waals surface area contributed by atoms with Crippen molar-refractivity contribution < 1.29 is 23.5 Å². The van der Waals surface area contributed by atoms with Crippen LogP contribution in [0.5, 0.6) is 0 Å². The minimum Gasteiger partial charge on any atom is -0.480 e. The second kappa shape index (κ2) is 8.92. The maximum atomic E-state index is 13.0. The van der Waals surface area contributed by atoms with Crippen LogP contribution >= 0.6 is 0 Å². The van der Waals surface area contributed by atoms with Crippen LogP contribution in [0.2, 0.25) is 0 Å². The number of aryl methyl sites for hydroxylation is 1. The van der Waals surface area contributed by atoms with Crippen molar-refractivity contribution in [1.82, 2.24) is 5.32 Å². The Balaban J connectivity index is 2.39. The van der Waals surface area contributed by atoms with Gasteiger partial charge in [-0.15, -0.1) is 6.58 Å². The molecule has 1 aromatic rings. The van der Waals surface area contributed by atoms with E-state index in [-0.39, 0.29) is 18.7 Å². The summed E-state index contributed by atoms with van der Waals surface area (Å²) in [5, 5.41) is 11.4. The van der Waals surface area contributed by atoms with E-state index in [1.54, 1.807) is 6.08 Å². The molecule has 0 aliphatic carbocycles. The van der Waals surface area contributed by atoms with Gasteiger partial charge in [0.1, 0.15) is 6.04 Å². The zero-order valence-electron chi connectivity index (χ0n) is 12.1. The molecule has 0 fully saturated rings. The molecule has 1 atom stereocenters. The summed E-state index contributed by atoms with van der Waals surface area (Å²) in [6, 6.07) is 2.66. The summed E-state index contributed by atoms with van der Waals surface area (Å²) in [4.78, 5) is 22.7. The lowest BCUT2D eigenvalue weighted by molar-refractivity contribution is -0.142. The first-order chi connectivity index (χ1) is 10.4. The molecule has 0 aromatic heterocycles. The SMILES string of the molecule is C=CCCC(NC(=O)CCCc1ccc(F)c(F)c1)C(=O)O. The molecule has 0 spiro atoms. The predicted molar refractivity (Wildman–Crippen MR) is 78.3 cm³/mol. The van der Waals surface area contributed by atoms with Crippen LogP contribution in [0.25, 0.3) is 0 Å². The first kappa shape index (κ1) is 17.8. The fourth-order valence-electron chi connectivity index (χ4n) is 1.96. The van der Waals surface area contributed by atoms with Gasteiger partial charge in [-0.1, -0.05) is 12.1 Å². The van der Waals surface area contributed by atoms with Crippen molar-refractivity contribution in [3.05, 3.63) is 48.1 Å². The molecular weight excluding hydrogens is 292 g/mol. The largest absolute Gasteiger partial charge is 0.480 e. The zero-order chi connectivity index (χ0) is 16.5. The van der Waals surface area contributed by atoms with Gasteiger partial charge in [-0.25, -0.2) is 13.6 Å². The number of hydrogen-bond donors (Lipinski definition) is 2. The van der Waals surface area contributed by atoms with Crippen molar-refractivity contribution in [2.24, 2.45) is 0 Å². The number of carboxylic acid groups (broad SMARTS) is 1. The molecule has 1 amide bonds. The van der Waals surface area contributed by atoms with Crippen LogP contribution in [0.3, 0.4) is 0 Å². The summed E-state index contributed by atoms with van der Waals surface area (Å²) in [6.45, 7) is 3.50. The Morgan fingerprint density at radius 2 is 2.05 bits per heavy atom. The summed E-state index contributed by atoms with van der Waals surface area (Å²) in [5.74, 6) is -3.29. The summed E-state index contributed by atoms with van der Waals surface area (Å²) in [6.07, 6.45) is 3.32. The Bertz CT molecular complexity index is 546. The van der Waals surface area contributed by atoms with Gasteiger partial charge in [0.05, 0.1) is 0 Å². The van der Waals surface area contributed by atoms with Crippen LogP contribution in [0.15, 0.2) is 30.9 Å². The number of carbonyl (C=O) groups excluding carboxylic acids is 1. The average molecular weight is 311 g/mol. The third-order valence-corrected chi connectivity index (χ3v) is 3.15. The van der Waals surface area contributed by atoms with E-state index in [1.165, 1.54) is 6.07 Å². The first-order valence-corrected chi connectivity index (χ1v) is 7.01.